The van der Waals surface area contributed by atoms with Crippen molar-refractivity contribution in [1.29, 1.82) is 0 Å². The number of aromatic amines is 1. The van der Waals surface area contributed by atoms with Crippen molar-refractivity contribution in [3.05, 3.63) is 53.7 Å². The molecule has 0 saturated heterocycles. The summed E-state index contributed by atoms with van der Waals surface area (Å²) in [6.45, 7) is 0.199. The van der Waals surface area contributed by atoms with Gasteiger partial charge >= 0.3 is 0 Å². The Hall–Kier alpha value is -4.01. The molecule has 148 valence electrons. The van der Waals surface area contributed by atoms with E-state index in [0.29, 0.717) is 28.7 Å². The zero-order valence-electron chi connectivity index (χ0n) is 15.8. The summed E-state index contributed by atoms with van der Waals surface area (Å²) >= 11 is 0. The lowest BCUT2D eigenvalue weighted by molar-refractivity contribution is 0.0950. The molecule has 0 spiro atoms. The minimum Gasteiger partial charge on any atom is -0.493 e. The Labute approximate surface area is 166 Å². The van der Waals surface area contributed by atoms with Crippen LogP contribution < -0.4 is 24.4 Å². The summed E-state index contributed by atoms with van der Waals surface area (Å²) in [5.74, 6) is 2.11. The Balaban J connectivity index is 1.42. The summed E-state index contributed by atoms with van der Waals surface area (Å²) in [7, 11) is 3.12. The van der Waals surface area contributed by atoms with Gasteiger partial charge in [0, 0.05) is 5.56 Å². The molecule has 9 heteroatoms. The van der Waals surface area contributed by atoms with Gasteiger partial charge in [-0.1, -0.05) is 0 Å². The smallest absolute Gasteiger partial charge is 0.289 e. The van der Waals surface area contributed by atoms with Gasteiger partial charge in [0.1, 0.15) is 5.69 Å². The van der Waals surface area contributed by atoms with Crippen LogP contribution in [0.25, 0.3) is 11.3 Å². The predicted molar refractivity (Wildman–Crippen MR) is 105 cm³/mol. The van der Waals surface area contributed by atoms with E-state index in [4.69, 9.17) is 18.9 Å². The highest BCUT2D eigenvalue weighted by Crippen LogP contribution is 2.35. The quantitative estimate of drug-likeness (QED) is 0.492. The standard InChI is InChI=1S/C20H18N4O5/c1-26-16-5-3-12(7-18(16)27-2)10-21-24-20(25)15-9-14(22-23-15)13-4-6-17-19(8-13)29-11-28-17/h3-10H,11H2,1-2H3,(H,22,23)(H,24,25)/b21-10-. The first-order chi connectivity index (χ1) is 14.2. The number of benzene rings is 2. The highest BCUT2D eigenvalue weighted by Gasteiger charge is 2.16. The minimum atomic E-state index is -0.416. The van der Waals surface area contributed by atoms with Gasteiger partial charge in [0.05, 0.1) is 26.1 Å². The van der Waals surface area contributed by atoms with Crippen LogP contribution in [-0.2, 0) is 0 Å². The number of ether oxygens (including phenoxy) is 4. The Morgan fingerprint density at radius 3 is 2.76 bits per heavy atom. The lowest BCUT2D eigenvalue weighted by Crippen LogP contribution is -2.18. The number of amides is 1. The first-order valence-electron chi connectivity index (χ1n) is 8.69. The normalized spacial score (nSPS) is 12.2. The molecule has 1 amide bonds. The molecule has 0 aliphatic carbocycles. The van der Waals surface area contributed by atoms with E-state index < -0.39 is 5.91 Å². The van der Waals surface area contributed by atoms with E-state index in [2.05, 4.69) is 20.7 Å². The molecule has 0 fully saturated rings. The third-order valence-corrected chi connectivity index (χ3v) is 4.28. The van der Waals surface area contributed by atoms with Crippen molar-refractivity contribution in [2.75, 3.05) is 21.0 Å². The number of hydrogen-bond donors (Lipinski definition) is 2. The van der Waals surface area contributed by atoms with Crippen molar-refractivity contribution >= 4 is 12.1 Å². The largest absolute Gasteiger partial charge is 0.493 e. The molecular formula is C20H18N4O5. The van der Waals surface area contributed by atoms with E-state index >= 15 is 0 Å². The van der Waals surface area contributed by atoms with Crippen LogP contribution >= 0.6 is 0 Å². The maximum Gasteiger partial charge on any atom is 0.289 e. The third kappa shape index (κ3) is 3.84. The second-order valence-corrected chi connectivity index (χ2v) is 6.05. The summed E-state index contributed by atoms with van der Waals surface area (Å²) in [5.41, 5.74) is 4.90. The second-order valence-electron chi connectivity index (χ2n) is 6.05. The van der Waals surface area contributed by atoms with Gasteiger partial charge in [-0.15, -0.1) is 0 Å². The van der Waals surface area contributed by atoms with Gasteiger partial charge in [-0.25, -0.2) is 5.43 Å². The second kappa shape index (κ2) is 7.93. The lowest BCUT2D eigenvalue weighted by atomic mass is 10.1. The monoisotopic (exact) mass is 394 g/mol. The number of carbonyl (C=O) groups excluding carboxylic acids is 1. The molecule has 3 aromatic rings. The van der Waals surface area contributed by atoms with Gasteiger partial charge in [0.2, 0.25) is 6.79 Å². The Kier molecular flexibility index (Phi) is 5.02. The Morgan fingerprint density at radius 2 is 1.93 bits per heavy atom. The Bertz CT molecular complexity index is 1080. The first kappa shape index (κ1) is 18.4. The van der Waals surface area contributed by atoms with Gasteiger partial charge in [-0.05, 0) is 48.0 Å². The van der Waals surface area contributed by atoms with Crippen molar-refractivity contribution < 1.29 is 23.7 Å². The van der Waals surface area contributed by atoms with E-state index in [9.17, 15) is 4.79 Å². The van der Waals surface area contributed by atoms with E-state index in [1.807, 2.05) is 12.1 Å². The molecule has 0 unspecified atom stereocenters. The summed E-state index contributed by atoms with van der Waals surface area (Å²) in [6.07, 6.45) is 1.51. The van der Waals surface area contributed by atoms with Gasteiger partial charge in [0.15, 0.2) is 23.0 Å². The maximum absolute atomic E-state index is 12.3. The number of hydrogen-bond acceptors (Lipinski definition) is 7. The van der Waals surface area contributed by atoms with Crippen LogP contribution in [0.4, 0.5) is 0 Å². The number of hydrazone groups is 1. The number of fused-ring (bicyclic) bond motifs is 1. The van der Waals surface area contributed by atoms with Crippen LogP contribution in [0.3, 0.4) is 0 Å². The first-order valence-corrected chi connectivity index (χ1v) is 8.69. The van der Waals surface area contributed by atoms with Crippen molar-refractivity contribution in [2.24, 2.45) is 5.10 Å². The highest BCUT2D eigenvalue weighted by atomic mass is 16.7. The number of H-pyrrole nitrogens is 1. The molecule has 0 bridgehead atoms. The molecule has 2 aromatic carbocycles. The van der Waals surface area contributed by atoms with Crippen molar-refractivity contribution in [3.63, 3.8) is 0 Å². The fourth-order valence-corrected chi connectivity index (χ4v) is 2.80. The molecule has 1 aromatic heterocycles. The topological polar surface area (TPSA) is 107 Å². The zero-order valence-corrected chi connectivity index (χ0v) is 15.8. The Morgan fingerprint density at radius 1 is 1.10 bits per heavy atom. The number of rotatable bonds is 6. The fourth-order valence-electron chi connectivity index (χ4n) is 2.80. The van der Waals surface area contributed by atoms with E-state index in [0.717, 1.165) is 11.1 Å². The molecular weight excluding hydrogens is 376 g/mol. The number of carbonyl (C=O) groups is 1. The fraction of sp³-hybridized carbons (Fsp3) is 0.150. The molecule has 0 saturated carbocycles. The minimum absolute atomic E-state index is 0.199. The molecule has 0 atom stereocenters. The highest BCUT2D eigenvalue weighted by molar-refractivity contribution is 5.94. The molecule has 2 heterocycles. The van der Waals surface area contributed by atoms with Crippen LogP contribution in [0, 0.1) is 0 Å². The number of methoxy groups -OCH3 is 2. The van der Waals surface area contributed by atoms with E-state index in [-0.39, 0.29) is 12.5 Å². The zero-order chi connectivity index (χ0) is 20.2. The van der Waals surface area contributed by atoms with E-state index in [1.54, 1.807) is 44.6 Å². The third-order valence-electron chi connectivity index (χ3n) is 4.28. The maximum atomic E-state index is 12.3. The molecule has 2 N–H and O–H groups in total. The SMILES string of the molecule is COc1ccc(/C=N\NC(=O)c2cc(-c3ccc4c(c3)OCO4)n[nH]2)cc1OC. The van der Waals surface area contributed by atoms with Crippen LogP contribution in [0.2, 0.25) is 0 Å². The molecule has 1 aliphatic rings. The predicted octanol–water partition coefficient (Wildman–Crippen LogP) is 2.59. The molecule has 1 aliphatic heterocycles. The summed E-state index contributed by atoms with van der Waals surface area (Å²) in [6, 6.07) is 12.4. The molecule has 0 radical (unpaired) electrons. The average Bonchev–Trinajstić information content (AvgIpc) is 3.42. The molecule has 29 heavy (non-hydrogen) atoms. The van der Waals surface area contributed by atoms with E-state index in [1.165, 1.54) is 6.21 Å². The van der Waals surface area contributed by atoms with Crippen LogP contribution in [0.15, 0.2) is 47.6 Å². The van der Waals surface area contributed by atoms with Crippen molar-refractivity contribution in [1.82, 2.24) is 15.6 Å². The van der Waals surface area contributed by atoms with Crippen molar-refractivity contribution in [3.8, 4) is 34.3 Å². The van der Waals surface area contributed by atoms with Gasteiger partial charge in [-0.2, -0.15) is 10.2 Å². The molecule has 4 rings (SSSR count). The number of aromatic nitrogens is 2. The summed E-state index contributed by atoms with van der Waals surface area (Å²) < 4.78 is 21.1. The van der Waals surface area contributed by atoms with Crippen LogP contribution in [0.1, 0.15) is 16.1 Å². The number of nitrogens with one attached hydrogen (secondary N) is 2. The van der Waals surface area contributed by atoms with Crippen LogP contribution in [0.5, 0.6) is 23.0 Å². The van der Waals surface area contributed by atoms with Crippen LogP contribution in [-0.4, -0.2) is 43.3 Å². The van der Waals surface area contributed by atoms with Gasteiger partial charge < -0.3 is 18.9 Å². The summed E-state index contributed by atoms with van der Waals surface area (Å²) in [5, 5.41) is 10.9. The van der Waals surface area contributed by atoms with Gasteiger partial charge in [0.25, 0.3) is 5.91 Å². The van der Waals surface area contributed by atoms with Crippen molar-refractivity contribution in [2.45, 2.75) is 0 Å². The van der Waals surface area contributed by atoms with Gasteiger partial charge in [-0.3, -0.25) is 9.89 Å². The average molecular weight is 394 g/mol. The molecule has 9 nitrogen and oxygen atoms in total. The number of nitrogens with zero attached hydrogens (tertiary/aromatic N) is 2. The summed E-state index contributed by atoms with van der Waals surface area (Å²) in [4.78, 5) is 12.3. The lowest BCUT2D eigenvalue weighted by Gasteiger charge is -2.07.